The maximum atomic E-state index is 11.8. The SMILES string of the molecule is CC(=NO)C(=O)c1ccc2c(c1)CCCC(=O)N2. The standard InChI is InChI=1S/C13H14N2O3/c1-8(15-18)13(17)10-5-6-11-9(7-10)3-2-4-12(16)14-11/h5-7,18H,2-4H2,1H3,(H,14,16). The first-order valence-electron chi connectivity index (χ1n) is 5.78. The molecule has 94 valence electrons. The zero-order valence-electron chi connectivity index (χ0n) is 10.1. The van der Waals surface area contributed by atoms with Crippen molar-refractivity contribution < 1.29 is 14.8 Å². The van der Waals surface area contributed by atoms with E-state index in [0.717, 1.165) is 24.1 Å². The van der Waals surface area contributed by atoms with Gasteiger partial charge in [-0.1, -0.05) is 5.16 Å². The van der Waals surface area contributed by atoms with Gasteiger partial charge in [0.05, 0.1) is 0 Å². The largest absolute Gasteiger partial charge is 0.411 e. The molecule has 0 aliphatic carbocycles. The number of nitrogens with one attached hydrogen (secondary N) is 1. The summed E-state index contributed by atoms with van der Waals surface area (Å²) in [5, 5.41) is 14.3. The van der Waals surface area contributed by atoms with Crippen LogP contribution in [0.1, 0.15) is 35.7 Å². The first-order valence-corrected chi connectivity index (χ1v) is 5.78. The summed E-state index contributed by atoms with van der Waals surface area (Å²) in [6.07, 6.45) is 2.02. The third-order valence-electron chi connectivity index (χ3n) is 2.97. The molecular weight excluding hydrogens is 232 g/mol. The van der Waals surface area contributed by atoms with Crippen LogP contribution in [0.25, 0.3) is 0 Å². The molecule has 1 heterocycles. The number of carbonyl (C=O) groups is 2. The molecular formula is C13H14N2O3. The van der Waals surface area contributed by atoms with Crippen LogP contribution in [0.2, 0.25) is 0 Å². The lowest BCUT2D eigenvalue weighted by Crippen LogP contribution is -2.12. The number of Topliss-reactive ketones (excluding diaryl/α,β-unsaturated/α-hetero) is 1. The monoisotopic (exact) mass is 246 g/mol. The second kappa shape index (κ2) is 5.00. The van der Waals surface area contributed by atoms with Crippen molar-refractivity contribution in [2.75, 3.05) is 5.32 Å². The van der Waals surface area contributed by atoms with Crippen molar-refractivity contribution in [1.82, 2.24) is 0 Å². The second-order valence-electron chi connectivity index (χ2n) is 4.29. The van der Waals surface area contributed by atoms with Crippen LogP contribution >= 0.6 is 0 Å². The van der Waals surface area contributed by atoms with Crippen molar-refractivity contribution in [3.63, 3.8) is 0 Å². The van der Waals surface area contributed by atoms with E-state index in [9.17, 15) is 9.59 Å². The highest BCUT2D eigenvalue weighted by atomic mass is 16.4. The number of fused-ring (bicyclic) bond motifs is 1. The number of amides is 1. The molecule has 2 rings (SSSR count). The van der Waals surface area contributed by atoms with E-state index in [2.05, 4.69) is 10.5 Å². The highest BCUT2D eigenvalue weighted by Crippen LogP contribution is 2.23. The van der Waals surface area contributed by atoms with Gasteiger partial charge in [-0.25, -0.2) is 0 Å². The Morgan fingerprint density at radius 3 is 2.89 bits per heavy atom. The molecule has 5 heteroatoms. The van der Waals surface area contributed by atoms with E-state index in [1.807, 2.05) is 0 Å². The van der Waals surface area contributed by atoms with Crippen molar-refractivity contribution in [1.29, 1.82) is 0 Å². The van der Waals surface area contributed by atoms with Crippen molar-refractivity contribution >= 4 is 23.1 Å². The van der Waals surface area contributed by atoms with Crippen LogP contribution in [0.15, 0.2) is 23.4 Å². The Hall–Kier alpha value is -2.17. The van der Waals surface area contributed by atoms with Crippen LogP contribution < -0.4 is 5.32 Å². The molecule has 1 amide bonds. The van der Waals surface area contributed by atoms with Crippen molar-refractivity contribution in [3.05, 3.63) is 29.3 Å². The fourth-order valence-corrected chi connectivity index (χ4v) is 1.97. The van der Waals surface area contributed by atoms with E-state index in [1.54, 1.807) is 18.2 Å². The fraction of sp³-hybridized carbons (Fsp3) is 0.308. The van der Waals surface area contributed by atoms with Gasteiger partial charge in [0.25, 0.3) is 0 Å². The average molecular weight is 246 g/mol. The number of hydrogen-bond donors (Lipinski definition) is 2. The fourth-order valence-electron chi connectivity index (χ4n) is 1.97. The summed E-state index contributed by atoms with van der Waals surface area (Å²) in [5.74, 6) is -0.309. The van der Waals surface area contributed by atoms with Gasteiger partial charge in [-0.05, 0) is 43.5 Å². The molecule has 5 nitrogen and oxygen atoms in total. The first kappa shape index (κ1) is 12.3. The van der Waals surface area contributed by atoms with E-state index >= 15 is 0 Å². The van der Waals surface area contributed by atoms with Gasteiger partial charge in [0.1, 0.15) is 5.71 Å². The summed E-state index contributed by atoms with van der Waals surface area (Å²) in [6, 6.07) is 5.09. The predicted molar refractivity (Wildman–Crippen MR) is 67.2 cm³/mol. The molecule has 0 spiro atoms. The van der Waals surface area contributed by atoms with Gasteiger partial charge in [0.15, 0.2) is 0 Å². The molecule has 1 aliphatic rings. The summed E-state index contributed by atoms with van der Waals surface area (Å²) in [5.41, 5.74) is 2.22. The second-order valence-corrected chi connectivity index (χ2v) is 4.29. The van der Waals surface area contributed by atoms with Gasteiger partial charge in [-0.2, -0.15) is 0 Å². The maximum Gasteiger partial charge on any atom is 0.224 e. The van der Waals surface area contributed by atoms with Gasteiger partial charge in [0, 0.05) is 17.7 Å². The van der Waals surface area contributed by atoms with Crippen LogP contribution in [-0.4, -0.2) is 22.6 Å². The number of aryl methyl sites for hydroxylation is 1. The summed E-state index contributed by atoms with van der Waals surface area (Å²) < 4.78 is 0. The minimum Gasteiger partial charge on any atom is -0.411 e. The van der Waals surface area contributed by atoms with E-state index in [1.165, 1.54) is 6.92 Å². The van der Waals surface area contributed by atoms with Gasteiger partial charge < -0.3 is 10.5 Å². The summed E-state index contributed by atoms with van der Waals surface area (Å²) in [7, 11) is 0. The zero-order valence-corrected chi connectivity index (χ0v) is 10.1. The molecule has 0 saturated carbocycles. The number of ketones is 1. The number of anilines is 1. The third kappa shape index (κ3) is 2.40. The Labute approximate surface area is 104 Å². The Kier molecular flexibility index (Phi) is 3.41. The molecule has 0 radical (unpaired) electrons. The van der Waals surface area contributed by atoms with Crippen LogP contribution in [0.3, 0.4) is 0 Å². The van der Waals surface area contributed by atoms with Gasteiger partial charge >= 0.3 is 0 Å². The van der Waals surface area contributed by atoms with E-state index < -0.39 is 0 Å². The molecule has 1 aromatic carbocycles. The normalized spacial score (nSPS) is 15.6. The number of hydrogen-bond acceptors (Lipinski definition) is 4. The quantitative estimate of drug-likeness (QED) is 0.362. The van der Waals surface area contributed by atoms with Crippen LogP contribution in [-0.2, 0) is 11.2 Å². The summed E-state index contributed by atoms with van der Waals surface area (Å²) in [4.78, 5) is 23.2. The number of nitrogens with zero attached hydrogens (tertiary/aromatic N) is 1. The van der Waals surface area contributed by atoms with E-state index in [0.29, 0.717) is 12.0 Å². The van der Waals surface area contributed by atoms with Crippen molar-refractivity contribution in [3.8, 4) is 0 Å². The molecule has 2 N–H and O–H groups in total. The molecule has 1 aromatic rings. The lowest BCUT2D eigenvalue weighted by Gasteiger charge is -2.08. The first-order chi connectivity index (χ1) is 8.61. The molecule has 0 unspecified atom stereocenters. The Bertz CT molecular complexity index is 535. The maximum absolute atomic E-state index is 11.8. The Morgan fingerprint density at radius 1 is 1.39 bits per heavy atom. The Morgan fingerprint density at radius 2 is 2.17 bits per heavy atom. The highest BCUT2D eigenvalue weighted by Gasteiger charge is 2.16. The molecule has 0 atom stereocenters. The number of rotatable bonds is 2. The highest BCUT2D eigenvalue weighted by molar-refractivity contribution is 6.45. The van der Waals surface area contributed by atoms with Gasteiger partial charge in [-0.15, -0.1) is 0 Å². The van der Waals surface area contributed by atoms with Crippen molar-refractivity contribution in [2.45, 2.75) is 26.2 Å². The molecule has 0 fully saturated rings. The van der Waals surface area contributed by atoms with E-state index in [4.69, 9.17) is 5.21 Å². The number of benzene rings is 1. The smallest absolute Gasteiger partial charge is 0.224 e. The minimum atomic E-state index is -0.309. The van der Waals surface area contributed by atoms with Crippen molar-refractivity contribution in [2.24, 2.45) is 5.16 Å². The van der Waals surface area contributed by atoms with Gasteiger partial charge in [0.2, 0.25) is 11.7 Å². The minimum absolute atomic E-state index is 0.000859. The molecule has 0 saturated heterocycles. The summed E-state index contributed by atoms with van der Waals surface area (Å²) in [6.45, 7) is 1.45. The zero-order chi connectivity index (χ0) is 13.1. The lowest BCUT2D eigenvalue weighted by atomic mass is 10.0. The molecule has 0 bridgehead atoms. The number of carbonyl (C=O) groups excluding carboxylic acids is 2. The van der Waals surface area contributed by atoms with Crippen LogP contribution in [0, 0.1) is 0 Å². The summed E-state index contributed by atoms with van der Waals surface area (Å²) >= 11 is 0. The lowest BCUT2D eigenvalue weighted by molar-refractivity contribution is -0.116. The number of oxime groups is 1. The molecule has 18 heavy (non-hydrogen) atoms. The van der Waals surface area contributed by atoms with E-state index in [-0.39, 0.29) is 17.4 Å². The van der Waals surface area contributed by atoms with Crippen LogP contribution in [0.4, 0.5) is 5.69 Å². The van der Waals surface area contributed by atoms with Gasteiger partial charge in [-0.3, -0.25) is 9.59 Å². The molecule has 1 aliphatic heterocycles. The Balaban J connectivity index is 2.35. The predicted octanol–water partition coefficient (Wildman–Crippen LogP) is 1.99. The molecule has 0 aromatic heterocycles. The third-order valence-corrected chi connectivity index (χ3v) is 2.97. The van der Waals surface area contributed by atoms with Crippen LogP contribution in [0.5, 0.6) is 0 Å². The topological polar surface area (TPSA) is 78.8 Å². The average Bonchev–Trinajstić information content (AvgIpc) is 2.56.